The third-order valence-corrected chi connectivity index (χ3v) is 3.61. The van der Waals surface area contributed by atoms with E-state index in [0.29, 0.717) is 16.9 Å². The molecule has 0 aliphatic carbocycles. The van der Waals surface area contributed by atoms with Crippen LogP contribution in [0.2, 0.25) is 0 Å². The molecule has 0 spiro atoms. The lowest BCUT2D eigenvalue weighted by Gasteiger charge is -2.33. The molecular formula is C15H14F3NO3. The molecule has 1 amide bonds. The van der Waals surface area contributed by atoms with Crippen LogP contribution in [0.3, 0.4) is 0 Å². The number of halogens is 3. The third-order valence-electron chi connectivity index (χ3n) is 3.61. The van der Waals surface area contributed by atoms with Gasteiger partial charge in [-0.15, -0.1) is 0 Å². The molecule has 2 heterocycles. The Bertz CT molecular complexity index is 708. The van der Waals surface area contributed by atoms with Gasteiger partial charge in [-0.2, -0.15) is 13.2 Å². The van der Waals surface area contributed by atoms with Crippen molar-refractivity contribution in [3.8, 4) is 0 Å². The predicted molar refractivity (Wildman–Crippen MR) is 72.6 cm³/mol. The van der Waals surface area contributed by atoms with Crippen molar-refractivity contribution in [3.63, 3.8) is 0 Å². The molecule has 1 aromatic heterocycles. The minimum atomic E-state index is -4.47. The van der Waals surface area contributed by atoms with Gasteiger partial charge in [0.2, 0.25) is 0 Å². The zero-order valence-corrected chi connectivity index (χ0v) is 11.8. The number of carbonyl (C=O) groups is 1. The fraction of sp³-hybridized carbons (Fsp3) is 0.400. The first-order valence-electron chi connectivity index (χ1n) is 6.82. The van der Waals surface area contributed by atoms with Crippen LogP contribution in [0.5, 0.6) is 0 Å². The molecule has 0 unspecified atom stereocenters. The Hall–Kier alpha value is -2.02. The van der Waals surface area contributed by atoms with E-state index in [2.05, 4.69) is 0 Å². The zero-order valence-electron chi connectivity index (χ0n) is 11.8. The van der Waals surface area contributed by atoms with E-state index in [9.17, 15) is 18.0 Å². The lowest BCUT2D eigenvalue weighted by atomic mass is 10.1. The van der Waals surface area contributed by atoms with Crippen molar-refractivity contribution >= 4 is 16.9 Å². The van der Waals surface area contributed by atoms with Crippen LogP contribution in [0, 0.1) is 6.92 Å². The molecule has 1 saturated heterocycles. The van der Waals surface area contributed by atoms with Crippen molar-refractivity contribution in [2.24, 2.45) is 0 Å². The van der Waals surface area contributed by atoms with Crippen LogP contribution in [0.1, 0.15) is 16.1 Å². The summed E-state index contributed by atoms with van der Waals surface area (Å²) < 4.78 is 48.3. The number of furan rings is 1. The summed E-state index contributed by atoms with van der Waals surface area (Å²) in [6, 6.07) is 6.62. The Morgan fingerprint density at radius 2 is 2.09 bits per heavy atom. The molecule has 7 heteroatoms. The van der Waals surface area contributed by atoms with E-state index < -0.39 is 24.7 Å². The second-order valence-corrected chi connectivity index (χ2v) is 5.26. The first-order valence-corrected chi connectivity index (χ1v) is 6.82. The maximum absolute atomic E-state index is 12.7. The smallest absolute Gasteiger partial charge is 0.416 e. The highest BCUT2D eigenvalue weighted by Crippen LogP contribution is 2.27. The van der Waals surface area contributed by atoms with Crippen molar-refractivity contribution in [2.75, 3.05) is 19.7 Å². The molecule has 118 valence electrons. The number of carbonyl (C=O) groups excluding carboxylic acids is 1. The van der Waals surface area contributed by atoms with Gasteiger partial charge in [0, 0.05) is 17.5 Å². The van der Waals surface area contributed by atoms with Gasteiger partial charge in [-0.25, -0.2) is 0 Å². The summed E-state index contributed by atoms with van der Waals surface area (Å²) in [5.74, 6) is 0.279. The number of alkyl halides is 3. The van der Waals surface area contributed by atoms with E-state index in [1.165, 1.54) is 4.90 Å². The Morgan fingerprint density at radius 3 is 2.82 bits per heavy atom. The standard InChI is InChI=1S/C15H14F3NO3/c1-9-6-11-7-10(2-3-12(11)22-9)14(20)19-4-5-21-13(8-19)15(16,17)18/h2-3,6-7,13H,4-5,8H2,1H3/t13-/m1/s1. The van der Waals surface area contributed by atoms with Gasteiger partial charge < -0.3 is 14.1 Å². The number of hydrogen-bond acceptors (Lipinski definition) is 3. The Labute approximate surface area is 124 Å². The molecule has 2 aromatic rings. The van der Waals surface area contributed by atoms with Crippen LogP contribution in [-0.2, 0) is 4.74 Å². The van der Waals surface area contributed by atoms with Gasteiger partial charge in [-0.05, 0) is 31.2 Å². The monoisotopic (exact) mass is 313 g/mol. The lowest BCUT2D eigenvalue weighted by Crippen LogP contribution is -2.51. The lowest BCUT2D eigenvalue weighted by molar-refractivity contribution is -0.233. The van der Waals surface area contributed by atoms with Gasteiger partial charge in [0.15, 0.2) is 6.10 Å². The molecule has 0 radical (unpaired) electrons. The maximum atomic E-state index is 12.7. The van der Waals surface area contributed by atoms with Crippen LogP contribution in [0.15, 0.2) is 28.7 Å². The topological polar surface area (TPSA) is 42.7 Å². The number of aryl methyl sites for hydroxylation is 1. The molecule has 1 aliphatic heterocycles. The van der Waals surface area contributed by atoms with E-state index in [1.54, 1.807) is 31.2 Å². The number of hydrogen-bond donors (Lipinski definition) is 0. The van der Waals surface area contributed by atoms with E-state index >= 15 is 0 Å². The molecule has 0 saturated carbocycles. The van der Waals surface area contributed by atoms with Crippen molar-refractivity contribution in [3.05, 3.63) is 35.6 Å². The first-order chi connectivity index (χ1) is 10.3. The molecule has 1 aromatic carbocycles. The number of rotatable bonds is 1. The van der Waals surface area contributed by atoms with E-state index in [-0.39, 0.29) is 13.2 Å². The van der Waals surface area contributed by atoms with Gasteiger partial charge in [0.25, 0.3) is 5.91 Å². The highest BCUT2D eigenvalue weighted by Gasteiger charge is 2.44. The average molecular weight is 313 g/mol. The molecule has 1 atom stereocenters. The number of morpholine rings is 1. The first kappa shape index (κ1) is 14.9. The van der Waals surface area contributed by atoms with E-state index in [0.717, 1.165) is 5.39 Å². The second kappa shape index (κ2) is 5.31. The van der Waals surface area contributed by atoms with Gasteiger partial charge in [0.1, 0.15) is 11.3 Å². The highest BCUT2D eigenvalue weighted by molar-refractivity contribution is 5.97. The van der Waals surface area contributed by atoms with Gasteiger partial charge in [-0.3, -0.25) is 4.79 Å². The van der Waals surface area contributed by atoms with Crippen LogP contribution in [0.4, 0.5) is 13.2 Å². The van der Waals surface area contributed by atoms with Crippen LogP contribution in [0.25, 0.3) is 11.0 Å². The number of nitrogens with zero attached hydrogens (tertiary/aromatic N) is 1. The molecule has 1 aliphatic rings. The SMILES string of the molecule is Cc1cc2cc(C(=O)N3CCO[C@@H](C(F)(F)F)C3)ccc2o1. The molecule has 4 nitrogen and oxygen atoms in total. The van der Waals surface area contributed by atoms with E-state index in [1.807, 2.05) is 0 Å². The minimum Gasteiger partial charge on any atom is -0.461 e. The molecular weight excluding hydrogens is 299 g/mol. The van der Waals surface area contributed by atoms with Crippen LogP contribution >= 0.6 is 0 Å². The Balaban J connectivity index is 1.82. The zero-order chi connectivity index (χ0) is 15.9. The molecule has 3 rings (SSSR count). The summed E-state index contributed by atoms with van der Waals surface area (Å²) in [4.78, 5) is 13.6. The Kier molecular flexibility index (Phi) is 3.60. The normalized spacial score (nSPS) is 19.6. The largest absolute Gasteiger partial charge is 0.461 e. The summed E-state index contributed by atoms with van der Waals surface area (Å²) in [7, 11) is 0. The highest BCUT2D eigenvalue weighted by atomic mass is 19.4. The van der Waals surface area contributed by atoms with Gasteiger partial charge in [-0.1, -0.05) is 0 Å². The van der Waals surface area contributed by atoms with Crippen LogP contribution in [-0.4, -0.2) is 42.8 Å². The Morgan fingerprint density at radius 1 is 1.32 bits per heavy atom. The number of benzene rings is 1. The van der Waals surface area contributed by atoms with Crippen molar-refractivity contribution in [2.45, 2.75) is 19.2 Å². The molecule has 0 bridgehead atoms. The molecule has 1 fully saturated rings. The quantitative estimate of drug-likeness (QED) is 0.812. The maximum Gasteiger partial charge on any atom is 0.416 e. The third kappa shape index (κ3) is 2.81. The summed E-state index contributed by atoms with van der Waals surface area (Å²) in [5.41, 5.74) is 0.986. The second-order valence-electron chi connectivity index (χ2n) is 5.26. The summed E-state index contributed by atoms with van der Waals surface area (Å²) in [6.45, 7) is 1.33. The number of ether oxygens (including phenoxy) is 1. The minimum absolute atomic E-state index is 0.122. The number of amides is 1. The number of fused-ring (bicyclic) bond motifs is 1. The fourth-order valence-electron chi connectivity index (χ4n) is 2.52. The van der Waals surface area contributed by atoms with Crippen LogP contribution < -0.4 is 0 Å². The summed E-state index contributed by atoms with van der Waals surface area (Å²) in [6.07, 6.45) is -6.39. The van der Waals surface area contributed by atoms with Gasteiger partial charge in [0.05, 0.1) is 13.2 Å². The summed E-state index contributed by atoms with van der Waals surface area (Å²) >= 11 is 0. The molecule has 0 N–H and O–H groups in total. The summed E-state index contributed by atoms with van der Waals surface area (Å²) in [5, 5.41) is 0.754. The molecule has 22 heavy (non-hydrogen) atoms. The predicted octanol–water partition coefficient (Wildman–Crippen LogP) is 3.14. The van der Waals surface area contributed by atoms with Gasteiger partial charge >= 0.3 is 6.18 Å². The average Bonchev–Trinajstić information content (AvgIpc) is 2.84. The van der Waals surface area contributed by atoms with Crippen molar-refractivity contribution in [1.29, 1.82) is 0 Å². The fourth-order valence-corrected chi connectivity index (χ4v) is 2.52. The van der Waals surface area contributed by atoms with Crippen molar-refractivity contribution < 1.29 is 27.1 Å². The van der Waals surface area contributed by atoms with E-state index in [4.69, 9.17) is 9.15 Å². The van der Waals surface area contributed by atoms with Crippen molar-refractivity contribution in [1.82, 2.24) is 4.90 Å².